The predicted molar refractivity (Wildman–Crippen MR) is 124 cm³/mol. The lowest BCUT2D eigenvalue weighted by Gasteiger charge is -2.23. The monoisotopic (exact) mass is 460 g/mol. The number of carbonyl (C=O) groups excluding carboxylic acids is 4. The summed E-state index contributed by atoms with van der Waals surface area (Å²) in [5.41, 5.74) is 0.613. The van der Waals surface area contributed by atoms with Gasteiger partial charge >= 0.3 is 0 Å². The van der Waals surface area contributed by atoms with Gasteiger partial charge in [-0.25, -0.2) is 4.39 Å². The number of aldehydes is 1. The lowest BCUT2D eigenvalue weighted by molar-refractivity contribution is -0.127. The van der Waals surface area contributed by atoms with Gasteiger partial charge in [0.05, 0.1) is 6.04 Å². The van der Waals surface area contributed by atoms with E-state index < -0.39 is 29.7 Å². The second-order valence-corrected chi connectivity index (χ2v) is 8.30. The third-order valence-corrected chi connectivity index (χ3v) is 5.38. The SMILES string of the molecule is CC.CC(C)C[C@H](NC(=O)c1cc2c(F)cccc2[nH]1)C(=O)N[C@H](C=O)C[C@@H]1CCNC1=O. The molecule has 33 heavy (non-hydrogen) atoms. The first-order valence-corrected chi connectivity index (χ1v) is 11.4. The number of rotatable bonds is 9. The van der Waals surface area contributed by atoms with E-state index in [0.29, 0.717) is 31.2 Å². The first-order chi connectivity index (χ1) is 15.8. The number of halogens is 1. The van der Waals surface area contributed by atoms with E-state index in [1.54, 1.807) is 6.07 Å². The Kier molecular flexibility index (Phi) is 9.57. The fourth-order valence-electron chi connectivity index (χ4n) is 3.79. The molecule has 3 amide bonds. The maximum absolute atomic E-state index is 13.9. The van der Waals surface area contributed by atoms with E-state index in [9.17, 15) is 23.6 Å². The Morgan fingerprint density at radius 2 is 1.97 bits per heavy atom. The Hall–Kier alpha value is -3.23. The quantitative estimate of drug-likeness (QED) is 0.430. The van der Waals surface area contributed by atoms with Gasteiger partial charge in [0.25, 0.3) is 5.91 Å². The molecule has 4 N–H and O–H groups in total. The topological polar surface area (TPSA) is 120 Å². The minimum atomic E-state index is -0.886. The van der Waals surface area contributed by atoms with Gasteiger partial charge in [-0.1, -0.05) is 33.8 Å². The molecule has 1 saturated heterocycles. The van der Waals surface area contributed by atoms with Crippen LogP contribution in [0.2, 0.25) is 0 Å². The van der Waals surface area contributed by atoms with E-state index in [0.717, 1.165) is 0 Å². The molecule has 1 aliphatic rings. The number of aromatic nitrogens is 1. The number of carbonyl (C=O) groups is 4. The van der Waals surface area contributed by atoms with Crippen molar-refractivity contribution in [2.45, 2.75) is 59.0 Å². The van der Waals surface area contributed by atoms with Gasteiger partial charge in [0, 0.05) is 23.4 Å². The second-order valence-electron chi connectivity index (χ2n) is 8.30. The van der Waals surface area contributed by atoms with Crippen LogP contribution >= 0.6 is 0 Å². The first kappa shape index (κ1) is 26.0. The highest BCUT2D eigenvalue weighted by Gasteiger charge is 2.30. The molecule has 0 bridgehead atoms. The van der Waals surface area contributed by atoms with Crippen molar-refractivity contribution in [2.75, 3.05) is 6.54 Å². The van der Waals surface area contributed by atoms with Crippen molar-refractivity contribution in [3.8, 4) is 0 Å². The summed E-state index contributed by atoms with van der Waals surface area (Å²) in [6.45, 7) is 8.37. The van der Waals surface area contributed by atoms with Crippen molar-refractivity contribution >= 4 is 34.9 Å². The van der Waals surface area contributed by atoms with Gasteiger partial charge in [0.15, 0.2) is 0 Å². The number of amides is 3. The lowest BCUT2D eigenvalue weighted by atomic mass is 9.98. The molecule has 0 unspecified atom stereocenters. The van der Waals surface area contributed by atoms with Crippen LogP contribution in [0.1, 0.15) is 57.4 Å². The number of benzene rings is 1. The van der Waals surface area contributed by atoms with E-state index in [4.69, 9.17) is 0 Å². The molecule has 0 radical (unpaired) electrons. The van der Waals surface area contributed by atoms with Crippen molar-refractivity contribution in [3.63, 3.8) is 0 Å². The minimum absolute atomic E-state index is 0.0894. The van der Waals surface area contributed by atoms with Crippen molar-refractivity contribution in [3.05, 3.63) is 35.8 Å². The summed E-state index contributed by atoms with van der Waals surface area (Å²) >= 11 is 0. The van der Waals surface area contributed by atoms with Gasteiger partial charge in [0.1, 0.15) is 23.8 Å². The van der Waals surface area contributed by atoms with Crippen molar-refractivity contribution < 1.29 is 23.6 Å². The van der Waals surface area contributed by atoms with Crippen molar-refractivity contribution in [1.29, 1.82) is 0 Å². The van der Waals surface area contributed by atoms with Crippen LogP contribution in [0, 0.1) is 17.7 Å². The van der Waals surface area contributed by atoms with Crippen LogP contribution in [0.3, 0.4) is 0 Å². The summed E-state index contributed by atoms with van der Waals surface area (Å²) in [5, 5.41) is 8.31. The number of nitrogens with one attached hydrogen (secondary N) is 4. The fourth-order valence-corrected chi connectivity index (χ4v) is 3.79. The van der Waals surface area contributed by atoms with Crippen LogP contribution in [0.15, 0.2) is 24.3 Å². The summed E-state index contributed by atoms with van der Waals surface area (Å²) < 4.78 is 13.9. The largest absolute Gasteiger partial charge is 0.356 e. The molecule has 180 valence electrons. The average molecular weight is 461 g/mol. The van der Waals surface area contributed by atoms with Gasteiger partial charge in [-0.3, -0.25) is 14.4 Å². The van der Waals surface area contributed by atoms with Crippen LogP contribution < -0.4 is 16.0 Å². The molecule has 2 aromatic rings. The molecule has 1 aromatic carbocycles. The van der Waals surface area contributed by atoms with Gasteiger partial charge < -0.3 is 25.7 Å². The zero-order chi connectivity index (χ0) is 24.5. The zero-order valence-corrected chi connectivity index (χ0v) is 19.5. The van der Waals surface area contributed by atoms with E-state index >= 15 is 0 Å². The lowest BCUT2D eigenvalue weighted by Crippen LogP contribution is -2.51. The fraction of sp³-hybridized carbons (Fsp3) is 0.500. The van der Waals surface area contributed by atoms with E-state index in [2.05, 4.69) is 20.9 Å². The van der Waals surface area contributed by atoms with Crippen molar-refractivity contribution in [2.24, 2.45) is 11.8 Å². The Labute approximate surface area is 193 Å². The smallest absolute Gasteiger partial charge is 0.268 e. The van der Waals surface area contributed by atoms with Crippen LogP contribution in [0.4, 0.5) is 4.39 Å². The number of H-pyrrole nitrogens is 1. The maximum Gasteiger partial charge on any atom is 0.268 e. The van der Waals surface area contributed by atoms with Gasteiger partial charge in [0.2, 0.25) is 11.8 Å². The first-order valence-electron chi connectivity index (χ1n) is 11.4. The third-order valence-electron chi connectivity index (χ3n) is 5.38. The van der Waals surface area contributed by atoms with Crippen molar-refractivity contribution in [1.82, 2.24) is 20.9 Å². The molecular formula is C24H33FN4O4. The Morgan fingerprint density at radius 1 is 1.24 bits per heavy atom. The normalized spacial score (nSPS) is 17.0. The van der Waals surface area contributed by atoms with Crippen LogP contribution in [0.25, 0.3) is 10.9 Å². The standard InChI is InChI=1S/C22H27FN4O4.C2H6/c1-12(2)8-18(21(30)25-14(11-28)9-13-6-7-24-20(13)29)27-22(31)19-10-15-16(23)4-3-5-17(15)26-19;1-2/h3-5,10-14,18,26H,6-9H2,1-2H3,(H,24,29)(H,25,30)(H,27,31);1-2H3/t13-,14-,18-;/m0./s1. The highest BCUT2D eigenvalue weighted by atomic mass is 19.1. The molecule has 3 rings (SSSR count). The summed E-state index contributed by atoms with van der Waals surface area (Å²) in [6, 6.07) is 4.18. The number of fused-ring (bicyclic) bond motifs is 1. The third kappa shape index (κ3) is 6.87. The molecule has 1 aliphatic heterocycles. The molecule has 0 saturated carbocycles. The zero-order valence-electron chi connectivity index (χ0n) is 19.5. The average Bonchev–Trinajstić information content (AvgIpc) is 3.41. The summed E-state index contributed by atoms with van der Waals surface area (Å²) in [6.07, 6.45) is 1.78. The Bertz CT molecular complexity index is 988. The van der Waals surface area contributed by atoms with E-state index in [1.807, 2.05) is 27.7 Å². The van der Waals surface area contributed by atoms with Crippen LogP contribution in [0.5, 0.6) is 0 Å². The maximum atomic E-state index is 13.9. The molecule has 1 aromatic heterocycles. The predicted octanol–water partition coefficient (Wildman–Crippen LogP) is 2.69. The highest BCUT2D eigenvalue weighted by Crippen LogP contribution is 2.19. The van der Waals surface area contributed by atoms with Crippen LogP contribution in [-0.4, -0.2) is 47.6 Å². The number of aromatic amines is 1. The molecule has 2 heterocycles. The Morgan fingerprint density at radius 3 is 2.55 bits per heavy atom. The number of hydrogen-bond donors (Lipinski definition) is 4. The molecule has 1 fully saturated rings. The minimum Gasteiger partial charge on any atom is -0.356 e. The summed E-state index contributed by atoms with van der Waals surface area (Å²) in [4.78, 5) is 51.7. The van der Waals surface area contributed by atoms with Crippen LogP contribution in [-0.2, 0) is 14.4 Å². The second kappa shape index (κ2) is 12.1. The van der Waals surface area contributed by atoms with E-state index in [-0.39, 0.29) is 35.2 Å². The van der Waals surface area contributed by atoms with Gasteiger partial charge in [-0.15, -0.1) is 0 Å². The molecular weight excluding hydrogens is 427 g/mol. The molecule has 0 aliphatic carbocycles. The van der Waals surface area contributed by atoms with Gasteiger partial charge in [-0.05, 0) is 43.4 Å². The highest BCUT2D eigenvalue weighted by molar-refractivity contribution is 6.00. The van der Waals surface area contributed by atoms with Gasteiger partial charge in [-0.2, -0.15) is 0 Å². The molecule has 3 atom stereocenters. The molecule has 0 spiro atoms. The van der Waals surface area contributed by atoms with E-state index in [1.165, 1.54) is 18.2 Å². The number of hydrogen-bond acceptors (Lipinski definition) is 4. The summed E-state index contributed by atoms with van der Waals surface area (Å²) in [5.74, 6) is -1.86. The Balaban J connectivity index is 0.00000187. The molecule has 9 heteroatoms. The molecule has 8 nitrogen and oxygen atoms in total. The summed E-state index contributed by atoms with van der Waals surface area (Å²) in [7, 11) is 0.